The highest BCUT2D eigenvalue weighted by Crippen LogP contribution is 2.21. The zero-order valence-electron chi connectivity index (χ0n) is 11.3. The standard InChI is InChI=1S/C15H23BrN2/c1-3-15(12-6-4-7-13(16)10-12)17-11-14-8-5-9-18(14)2/h4,6-7,10,14-15,17H,3,5,8-9,11H2,1-2H3. The summed E-state index contributed by atoms with van der Waals surface area (Å²) in [5, 5.41) is 3.72. The van der Waals surface area contributed by atoms with E-state index in [0.717, 1.165) is 13.0 Å². The van der Waals surface area contributed by atoms with E-state index >= 15 is 0 Å². The number of rotatable bonds is 5. The molecule has 0 saturated carbocycles. The van der Waals surface area contributed by atoms with Crippen molar-refractivity contribution in [3.63, 3.8) is 0 Å². The van der Waals surface area contributed by atoms with Crippen LogP contribution < -0.4 is 5.32 Å². The van der Waals surface area contributed by atoms with Crippen LogP contribution in [0.4, 0.5) is 0 Å². The minimum absolute atomic E-state index is 0.469. The van der Waals surface area contributed by atoms with Gasteiger partial charge in [-0.15, -0.1) is 0 Å². The predicted octanol–water partition coefficient (Wildman–Crippen LogP) is 3.58. The van der Waals surface area contributed by atoms with Crippen molar-refractivity contribution in [3.8, 4) is 0 Å². The number of likely N-dealkylation sites (tertiary alicyclic amines) is 1. The van der Waals surface area contributed by atoms with E-state index in [-0.39, 0.29) is 0 Å². The highest BCUT2D eigenvalue weighted by Gasteiger charge is 2.21. The first-order chi connectivity index (χ1) is 8.70. The van der Waals surface area contributed by atoms with Crippen LogP contribution in [0.1, 0.15) is 37.8 Å². The molecule has 1 fully saturated rings. The first-order valence-electron chi connectivity index (χ1n) is 6.89. The third-order valence-electron chi connectivity index (χ3n) is 3.93. The summed E-state index contributed by atoms with van der Waals surface area (Å²) in [4.78, 5) is 2.47. The molecule has 1 aromatic carbocycles. The van der Waals surface area contributed by atoms with Crippen molar-refractivity contribution in [2.75, 3.05) is 20.1 Å². The molecule has 1 aliphatic rings. The number of hydrogen-bond donors (Lipinski definition) is 1. The molecule has 0 bridgehead atoms. The monoisotopic (exact) mass is 310 g/mol. The Kier molecular flexibility index (Phi) is 5.22. The zero-order chi connectivity index (χ0) is 13.0. The van der Waals surface area contributed by atoms with Crippen molar-refractivity contribution in [3.05, 3.63) is 34.3 Å². The fourth-order valence-corrected chi connectivity index (χ4v) is 3.15. The predicted molar refractivity (Wildman–Crippen MR) is 80.8 cm³/mol. The molecule has 100 valence electrons. The van der Waals surface area contributed by atoms with Gasteiger partial charge in [-0.3, -0.25) is 0 Å². The quantitative estimate of drug-likeness (QED) is 0.894. The molecular formula is C15H23BrN2. The molecule has 2 unspecified atom stereocenters. The lowest BCUT2D eigenvalue weighted by Crippen LogP contribution is -2.37. The smallest absolute Gasteiger partial charge is 0.0318 e. The maximum atomic E-state index is 3.72. The Balaban J connectivity index is 1.93. The van der Waals surface area contributed by atoms with Gasteiger partial charge in [0.15, 0.2) is 0 Å². The highest BCUT2D eigenvalue weighted by atomic mass is 79.9. The van der Waals surface area contributed by atoms with Gasteiger partial charge in [0.1, 0.15) is 0 Å². The van der Waals surface area contributed by atoms with Gasteiger partial charge in [-0.2, -0.15) is 0 Å². The Bertz CT molecular complexity index is 381. The van der Waals surface area contributed by atoms with Gasteiger partial charge in [-0.1, -0.05) is 35.0 Å². The van der Waals surface area contributed by atoms with E-state index in [1.165, 1.54) is 29.4 Å². The molecule has 1 aromatic rings. The van der Waals surface area contributed by atoms with Gasteiger partial charge in [0.05, 0.1) is 0 Å². The molecule has 2 rings (SSSR count). The molecular weight excluding hydrogens is 288 g/mol. The molecule has 1 aliphatic heterocycles. The maximum Gasteiger partial charge on any atom is 0.0318 e. The van der Waals surface area contributed by atoms with Crippen molar-refractivity contribution in [2.24, 2.45) is 0 Å². The molecule has 2 atom stereocenters. The minimum Gasteiger partial charge on any atom is -0.308 e. The van der Waals surface area contributed by atoms with Crippen molar-refractivity contribution in [1.29, 1.82) is 0 Å². The molecule has 1 saturated heterocycles. The molecule has 2 nitrogen and oxygen atoms in total. The van der Waals surface area contributed by atoms with Crippen molar-refractivity contribution in [2.45, 2.75) is 38.3 Å². The molecule has 0 spiro atoms. The van der Waals surface area contributed by atoms with E-state index in [4.69, 9.17) is 0 Å². The Morgan fingerprint density at radius 2 is 2.33 bits per heavy atom. The number of halogens is 1. The third-order valence-corrected chi connectivity index (χ3v) is 4.42. The lowest BCUT2D eigenvalue weighted by Gasteiger charge is -2.24. The van der Waals surface area contributed by atoms with Crippen LogP contribution in [0.3, 0.4) is 0 Å². The Hall–Kier alpha value is -0.380. The summed E-state index contributed by atoms with van der Waals surface area (Å²) in [6.07, 6.45) is 3.81. The van der Waals surface area contributed by atoms with Gasteiger partial charge in [0.25, 0.3) is 0 Å². The second-order valence-electron chi connectivity index (χ2n) is 5.20. The molecule has 0 aliphatic carbocycles. The lowest BCUT2D eigenvalue weighted by atomic mass is 10.0. The summed E-state index contributed by atoms with van der Waals surface area (Å²) in [5.41, 5.74) is 1.38. The summed E-state index contributed by atoms with van der Waals surface area (Å²) in [7, 11) is 2.24. The molecule has 18 heavy (non-hydrogen) atoms. The van der Waals surface area contributed by atoms with Crippen LogP contribution >= 0.6 is 15.9 Å². The number of nitrogens with one attached hydrogen (secondary N) is 1. The SMILES string of the molecule is CCC(NCC1CCCN1C)c1cccc(Br)c1. The molecule has 3 heteroatoms. The topological polar surface area (TPSA) is 15.3 Å². The fraction of sp³-hybridized carbons (Fsp3) is 0.600. The van der Waals surface area contributed by atoms with Gasteiger partial charge in [-0.25, -0.2) is 0 Å². The van der Waals surface area contributed by atoms with Crippen LogP contribution in [0.2, 0.25) is 0 Å². The van der Waals surface area contributed by atoms with Crippen LogP contribution in [0, 0.1) is 0 Å². The van der Waals surface area contributed by atoms with Gasteiger partial charge < -0.3 is 10.2 Å². The average molecular weight is 311 g/mol. The summed E-state index contributed by atoms with van der Waals surface area (Å²) in [6, 6.07) is 9.82. The van der Waals surface area contributed by atoms with Crippen molar-refractivity contribution in [1.82, 2.24) is 10.2 Å². The van der Waals surface area contributed by atoms with E-state index in [9.17, 15) is 0 Å². The van der Waals surface area contributed by atoms with E-state index in [2.05, 4.69) is 64.4 Å². The Labute approximate surface area is 119 Å². The zero-order valence-corrected chi connectivity index (χ0v) is 12.9. The first kappa shape index (κ1) is 14.0. The van der Waals surface area contributed by atoms with Gasteiger partial charge >= 0.3 is 0 Å². The molecule has 1 N–H and O–H groups in total. The van der Waals surface area contributed by atoms with E-state index in [0.29, 0.717) is 12.1 Å². The van der Waals surface area contributed by atoms with Crippen molar-refractivity contribution < 1.29 is 0 Å². The first-order valence-corrected chi connectivity index (χ1v) is 7.69. The Morgan fingerprint density at radius 3 is 2.94 bits per heavy atom. The summed E-state index contributed by atoms with van der Waals surface area (Å²) in [6.45, 7) is 4.60. The lowest BCUT2D eigenvalue weighted by molar-refractivity contribution is 0.290. The molecule has 1 heterocycles. The number of nitrogens with zero attached hydrogens (tertiary/aromatic N) is 1. The Morgan fingerprint density at radius 1 is 1.50 bits per heavy atom. The van der Waals surface area contributed by atoms with E-state index in [1.54, 1.807) is 0 Å². The largest absolute Gasteiger partial charge is 0.308 e. The van der Waals surface area contributed by atoms with Gasteiger partial charge in [0, 0.05) is 23.1 Å². The summed E-state index contributed by atoms with van der Waals surface area (Å²) < 4.78 is 1.17. The highest BCUT2D eigenvalue weighted by molar-refractivity contribution is 9.10. The fourth-order valence-electron chi connectivity index (χ4n) is 2.74. The second-order valence-corrected chi connectivity index (χ2v) is 6.12. The normalized spacial score (nSPS) is 22.3. The van der Waals surface area contributed by atoms with Crippen LogP contribution in [-0.2, 0) is 0 Å². The second kappa shape index (κ2) is 6.69. The molecule has 0 radical (unpaired) electrons. The van der Waals surface area contributed by atoms with Gasteiger partial charge in [-0.05, 0) is 50.6 Å². The third kappa shape index (κ3) is 3.56. The number of benzene rings is 1. The van der Waals surface area contributed by atoms with Crippen LogP contribution in [0.25, 0.3) is 0 Å². The summed E-state index contributed by atoms with van der Waals surface area (Å²) in [5.74, 6) is 0. The van der Waals surface area contributed by atoms with E-state index < -0.39 is 0 Å². The average Bonchev–Trinajstić information content (AvgIpc) is 2.76. The molecule has 0 amide bonds. The van der Waals surface area contributed by atoms with Crippen LogP contribution in [-0.4, -0.2) is 31.1 Å². The maximum absolute atomic E-state index is 3.72. The number of hydrogen-bond acceptors (Lipinski definition) is 2. The van der Waals surface area contributed by atoms with Crippen LogP contribution in [0.5, 0.6) is 0 Å². The minimum atomic E-state index is 0.469. The van der Waals surface area contributed by atoms with Crippen LogP contribution in [0.15, 0.2) is 28.7 Å². The van der Waals surface area contributed by atoms with Gasteiger partial charge in [0.2, 0.25) is 0 Å². The number of likely N-dealkylation sites (N-methyl/N-ethyl adjacent to an activating group) is 1. The summed E-state index contributed by atoms with van der Waals surface area (Å²) >= 11 is 3.55. The molecule has 0 aromatic heterocycles. The van der Waals surface area contributed by atoms with Crippen molar-refractivity contribution >= 4 is 15.9 Å². The van der Waals surface area contributed by atoms with E-state index in [1.807, 2.05) is 0 Å².